The van der Waals surface area contributed by atoms with Gasteiger partial charge in [0.05, 0.1) is 5.41 Å². The predicted molar refractivity (Wildman–Crippen MR) is 47.9 cm³/mol. The van der Waals surface area contributed by atoms with Crippen molar-refractivity contribution in [3.63, 3.8) is 0 Å². The number of hydrogen-bond donors (Lipinski definition) is 0. The van der Waals surface area contributed by atoms with Crippen LogP contribution in [0.3, 0.4) is 0 Å². The fraction of sp³-hybridized carbons (Fsp3) is 1.00. The second-order valence-corrected chi connectivity index (χ2v) is 5.36. The van der Waals surface area contributed by atoms with Crippen molar-refractivity contribution in [2.24, 2.45) is 5.41 Å². The van der Waals surface area contributed by atoms with Gasteiger partial charge in [-0.15, -0.1) is 0 Å². The van der Waals surface area contributed by atoms with E-state index in [2.05, 4.69) is 11.8 Å². The highest BCUT2D eigenvalue weighted by molar-refractivity contribution is 5.20. The third kappa shape index (κ3) is 0.841. The normalized spacial score (nSPS) is 52.8. The Balaban J connectivity index is 0.000000750. The predicted octanol–water partition coefficient (Wildman–Crippen LogP) is 2.52. The third-order valence-electron chi connectivity index (χ3n) is 4.33. The molecule has 2 heterocycles. The average Bonchev–Trinajstić information content (AvgIpc) is 2.32. The van der Waals surface area contributed by atoms with E-state index in [1.165, 1.54) is 6.42 Å². The summed E-state index contributed by atoms with van der Waals surface area (Å²) < 4.78 is 26.3. The molecule has 2 aliphatic heterocycles. The maximum absolute atomic E-state index is 13.1. The standard InChI is InChI=1S/C10H15F2N.H2/c1-8-3-2-4-13(8)7-9(5-8)6-10(9,11)12;/h2-7H2,1H3;1H/t8-,9?;/m0./s1. The highest BCUT2D eigenvalue weighted by Crippen LogP contribution is 2.69. The minimum Gasteiger partial charge on any atom is -0.297 e. The van der Waals surface area contributed by atoms with Crippen molar-refractivity contribution in [2.45, 2.75) is 44.1 Å². The van der Waals surface area contributed by atoms with Crippen LogP contribution in [0.2, 0.25) is 0 Å². The third-order valence-corrected chi connectivity index (χ3v) is 4.33. The number of rotatable bonds is 0. The van der Waals surface area contributed by atoms with Gasteiger partial charge in [0.1, 0.15) is 0 Å². The molecule has 76 valence electrons. The van der Waals surface area contributed by atoms with E-state index in [0.29, 0.717) is 6.54 Å². The lowest BCUT2D eigenvalue weighted by atomic mass is 9.90. The van der Waals surface area contributed by atoms with Gasteiger partial charge in [0.2, 0.25) is 0 Å². The molecule has 0 radical (unpaired) electrons. The van der Waals surface area contributed by atoms with Crippen LogP contribution in [-0.4, -0.2) is 29.5 Å². The molecule has 0 bridgehead atoms. The quantitative estimate of drug-likeness (QED) is 0.566. The molecular weight excluding hydrogens is 172 g/mol. The first kappa shape index (κ1) is 8.16. The second-order valence-electron chi connectivity index (χ2n) is 5.36. The second kappa shape index (κ2) is 1.92. The molecule has 3 rings (SSSR count). The highest BCUT2D eigenvalue weighted by atomic mass is 19.3. The maximum atomic E-state index is 13.1. The van der Waals surface area contributed by atoms with Gasteiger partial charge in [-0.05, 0) is 32.7 Å². The molecule has 2 atom stereocenters. The fourth-order valence-electron chi connectivity index (χ4n) is 3.44. The van der Waals surface area contributed by atoms with Gasteiger partial charge in [0.25, 0.3) is 5.92 Å². The topological polar surface area (TPSA) is 3.24 Å². The molecule has 0 aromatic rings. The first-order valence-electron chi connectivity index (χ1n) is 5.11. The average molecular weight is 189 g/mol. The monoisotopic (exact) mass is 189 g/mol. The molecule has 13 heavy (non-hydrogen) atoms. The molecular formula is C10H17F2N. The zero-order valence-corrected chi connectivity index (χ0v) is 7.95. The number of halogens is 2. The van der Waals surface area contributed by atoms with Crippen molar-refractivity contribution in [3.05, 3.63) is 0 Å². The van der Waals surface area contributed by atoms with Crippen molar-refractivity contribution in [1.29, 1.82) is 0 Å². The van der Waals surface area contributed by atoms with Crippen LogP contribution in [0.5, 0.6) is 0 Å². The van der Waals surface area contributed by atoms with E-state index in [1.54, 1.807) is 0 Å². The summed E-state index contributed by atoms with van der Waals surface area (Å²) in [5.41, 5.74) is -0.498. The largest absolute Gasteiger partial charge is 0.297 e. The lowest BCUT2D eigenvalue weighted by Gasteiger charge is -2.26. The van der Waals surface area contributed by atoms with Gasteiger partial charge in [-0.25, -0.2) is 8.78 Å². The van der Waals surface area contributed by atoms with E-state index in [1.807, 2.05) is 0 Å². The van der Waals surface area contributed by atoms with E-state index in [4.69, 9.17) is 0 Å². The molecule has 0 N–H and O–H groups in total. The maximum Gasteiger partial charge on any atom is 0.255 e. The lowest BCUT2D eigenvalue weighted by molar-refractivity contribution is 0.0657. The lowest BCUT2D eigenvalue weighted by Crippen LogP contribution is -2.34. The zero-order valence-electron chi connectivity index (χ0n) is 7.95. The van der Waals surface area contributed by atoms with Crippen molar-refractivity contribution < 1.29 is 10.2 Å². The Morgan fingerprint density at radius 2 is 2.00 bits per heavy atom. The van der Waals surface area contributed by atoms with Crippen molar-refractivity contribution in [2.75, 3.05) is 13.1 Å². The van der Waals surface area contributed by atoms with Crippen molar-refractivity contribution >= 4 is 0 Å². The van der Waals surface area contributed by atoms with Gasteiger partial charge in [-0.1, -0.05) is 0 Å². The van der Waals surface area contributed by atoms with Gasteiger partial charge in [0.15, 0.2) is 0 Å². The molecule has 1 spiro atoms. The van der Waals surface area contributed by atoms with E-state index >= 15 is 0 Å². The molecule has 3 heteroatoms. The molecule has 2 saturated heterocycles. The molecule has 1 nitrogen and oxygen atoms in total. The van der Waals surface area contributed by atoms with Crippen LogP contribution in [0, 0.1) is 5.41 Å². The fourth-order valence-corrected chi connectivity index (χ4v) is 3.44. The van der Waals surface area contributed by atoms with Gasteiger partial charge >= 0.3 is 0 Å². The van der Waals surface area contributed by atoms with Crippen LogP contribution in [0.1, 0.15) is 34.0 Å². The minimum atomic E-state index is -2.35. The summed E-state index contributed by atoms with van der Waals surface area (Å²) >= 11 is 0. The van der Waals surface area contributed by atoms with Crippen molar-refractivity contribution in [1.82, 2.24) is 4.90 Å². The Hall–Kier alpha value is -0.180. The minimum absolute atomic E-state index is 0. The van der Waals surface area contributed by atoms with E-state index in [9.17, 15) is 8.78 Å². The number of nitrogens with zero attached hydrogens (tertiary/aromatic N) is 1. The highest BCUT2D eigenvalue weighted by Gasteiger charge is 2.76. The first-order valence-corrected chi connectivity index (χ1v) is 5.11. The smallest absolute Gasteiger partial charge is 0.255 e. The Bertz CT molecular complexity index is 271. The van der Waals surface area contributed by atoms with Crippen LogP contribution >= 0.6 is 0 Å². The van der Waals surface area contributed by atoms with Crippen LogP contribution in [0.25, 0.3) is 0 Å². The molecule has 3 fully saturated rings. The van der Waals surface area contributed by atoms with Gasteiger partial charge in [-0.3, -0.25) is 4.90 Å². The summed E-state index contributed by atoms with van der Waals surface area (Å²) in [4.78, 5) is 2.29. The van der Waals surface area contributed by atoms with Gasteiger partial charge in [-0.2, -0.15) is 0 Å². The number of hydrogen-bond acceptors (Lipinski definition) is 1. The SMILES string of the molecule is C[C@@]12CCCN1CC1(CC1(F)F)C2.[HH]. The van der Waals surface area contributed by atoms with Crippen LogP contribution < -0.4 is 0 Å². The Labute approximate surface area is 78.6 Å². The molecule has 0 aromatic heterocycles. The van der Waals surface area contributed by atoms with Gasteiger partial charge < -0.3 is 0 Å². The van der Waals surface area contributed by atoms with E-state index in [-0.39, 0.29) is 13.4 Å². The molecule has 0 amide bonds. The van der Waals surface area contributed by atoms with Crippen LogP contribution in [0.15, 0.2) is 0 Å². The summed E-state index contributed by atoms with van der Waals surface area (Å²) in [5.74, 6) is -2.35. The summed E-state index contributed by atoms with van der Waals surface area (Å²) in [5, 5.41) is 0. The molecule has 1 unspecified atom stereocenters. The van der Waals surface area contributed by atoms with E-state index in [0.717, 1.165) is 19.4 Å². The van der Waals surface area contributed by atoms with Crippen molar-refractivity contribution in [3.8, 4) is 0 Å². The molecule has 1 saturated carbocycles. The summed E-state index contributed by atoms with van der Waals surface area (Å²) in [6, 6.07) is 0. The molecule has 0 aromatic carbocycles. The van der Waals surface area contributed by atoms with Crippen LogP contribution in [0.4, 0.5) is 8.78 Å². The number of fused-ring (bicyclic) bond motifs is 1. The molecule has 1 aliphatic carbocycles. The van der Waals surface area contributed by atoms with Crippen LogP contribution in [-0.2, 0) is 0 Å². The summed E-state index contributed by atoms with van der Waals surface area (Å²) in [7, 11) is 0. The Morgan fingerprint density at radius 3 is 2.54 bits per heavy atom. The van der Waals surface area contributed by atoms with E-state index < -0.39 is 11.3 Å². The van der Waals surface area contributed by atoms with Gasteiger partial charge in [0, 0.05) is 19.9 Å². The first-order chi connectivity index (χ1) is 5.98. The summed E-state index contributed by atoms with van der Waals surface area (Å²) in [6.45, 7) is 3.84. The zero-order chi connectivity index (χ0) is 9.32. The Morgan fingerprint density at radius 1 is 1.31 bits per heavy atom. The summed E-state index contributed by atoms with van der Waals surface area (Å²) in [6.07, 6.45) is 3.18. The molecule has 3 aliphatic rings. The Kier molecular flexibility index (Phi) is 1.21. The number of alkyl halides is 2.